The minimum absolute atomic E-state index is 0.832. The Labute approximate surface area is 82.9 Å². The highest BCUT2D eigenvalue weighted by Crippen LogP contribution is 2.15. The quantitative estimate of drug-likeness (QED) is 0.346. The van der Waals surface area contributed by atoms with Crippen LogP contribution in [0, 0.1) is 5.92 Å². The Bertz CT molecular complexity index is 114. The van der Waals surface area contributed by atoms with Gasteiger partial charge in [-0.1, -0.05) is 25.3 Å². The molecule has 1 atom stereocenters. The third-order valence-electron chi connectivity index (χ3n) is 2.30. The molecular weight excluding hydrogens is 164 g/mol. The van der Waals surface area contributed by atoms with Crippen molar-refractivity contribution in [3.8, 4) is 0 Å². The largest absolute Gasteiger partial charge is 0.179 e. The van der Waals surface area contributed by atoms with Gasteiger partial charge in [-0.15, -0.1) is 6.58 Å². The van der Waals surface area contributed by atoms with E-state index in [1.54, 1.807) is 0 Å². The molecule has 72 valence electrons. The maximum absolute atomic E-state index is 4.32. The van der Waals surface area contributed by atoms with E-state index >= 15 is 0 Å². The highest BCUT2D eigenvalue weighted by Gasteiger charge is 2.02. The molecular formula is C11H22S. The average molecular weight is 186 g/mol. The third-order valence-corrected chi connectivity index (χ3v) is 2.82. The lowest BCUT2D eigenvalue weighted by Crippen LogP contribution is -1.99. The number of allylic oxidation sites excluding steroid dienone is 1. The zero-order chi connectivity index (χ0) is 9.40. The molecule has 0 aliphatic heterocycles. The highest BCUT2D eigenvalue weighted by atomic mass is 32.1. The Kier molecular flexibility index (Phi) is 7.78. The van der Waals surface area contributed by atoms with Gasteiger partial charge in [-0.25, -0.2) is 0 Å². The minimum atomic E-state index is 0.832. The second-order valence-corrected chi connectivity index (χ2v) is 4.02. The summed E-state index contributed by atoms with van der Waals surface area (Å²) in [4.78, 5) is 0. The second-order valence-electron chi connectivity index (χ2n) is 3.66. The van der Waals surface area contributed by atoms with Gasteiger partial charge in [-0.05, 0) is 37.9 Å². The van der Waals surface area contributed by atoms with Crippen LogP contribution >= 0.6 is 12.6 Å². The fraction of sp³-hybridized carbons (Fsp3) is 0.818. The zero-order valence-corrected chi connectivity index (χ0v) is 9.37. The summed E-state index contributed by atoms with van der Waals surface area (Å²) in [6.07, 6.45) is 6.46. The van der Waals surface area contributed by atoms with Gasteiger partial charge in [0.05, 0.1) is 0 Å². The average Bonchev–Trinajstić information content (AvgIpc) is 2.04. The summed E-state index contributed by atoms with van der Waals surface area (Å²) in [6, 6.07) is 0. The number of rotatable bonds is 7. The van der Waals surface area contributed by atoms with E-state index in [0.717, 1.165) is 11.7 Å². The molecule has 0 nitrogen and oxygen atoms in total. The van der Waals surface area contributed by atoms with Crippen LogP contribution in [0.3, 0.4) is 0 Å². The summed E-state index contributed by atoms with van der Waals surface area (Å²) in [5, 5.41) is 0. The van der Waals surface area contributed by atoms with E-state index in [1.165, 1.54) is 37.7 Å². The van der Waals surface area contributed by atoms with Crippen molar-refractivity contribution in [3.63, 3.8) is 0 Å². The first-order valence-electron chi connectivity index (χ1n) is 4.96. The van der Waals surface area contributed by atoms with Gasteiger partial charge in [0.1, 0.15) is 0 Å². The van der Waals surface area contributed by atoms with E-state index in [2.05, 4.69) is 33.1 Å². The molecule has 0 aliphatic rings. The minimum Gasteiger partial charge on any atom is -0.179 e. The standard InChI is InChI=1S/C11H22S/c1-4-11(9-12)8-6-5-7-10(2)3/h11-12H,2,4-9H2,1,3H3. The lowest BCUT2D eigenvalue weighted by Gasteiger charge is -2.10. The van der Waals surface area contributed by atoms with E-state index < -0.39 is 0 Å². The van der Waals surface area contributed by atoms with E-state index in [4.69, 9.17) is 0 Å². The number of thiol groups is 1. The van der Waals surface area contributed by atoms with Crippen LogP contribution in [0.15, 0.2) is 12.2 Å². The molecule has 1 unspecified atom stereocenters. The summed E-state index contributed by atoms with van der Waals surface area (Å²) in [6.45, 7) is 8.25. The highest BCUT2D eigenvalue weighted by molar-refractivity contribution is 7.80. The molecule has 0 N–H and O–H groups in total. The van der Waals surface area contributed by atoms with E-state index in [1.807, 2.05) is 0 Å². The van der Waals surface area contributed by atoms with Crippen LogP contribution < -0.4 is 0 Å². The number of unbranched alkanes of at least 4 members (excludes halogenated alkanes) is 1. The Balaban J connectivity index is 3.23. The molecule has 0 saturated heterocycles. The summed E-state index contributed by atoms with van der Waals surface area (Å²) in [5.41, 5.74) is 1.31. The summed E-state index contributed by atoms with van der Waals surface area (Å²) >= 11 is 4.32. The molecule has 0 aromatic carbocycles. The molecule has 0 radical (unpaired) electrons. The molecule has 0 aromatic heterocycles. The molecule has 0 aliphatic carbocycles. The van der Waals surface area contributed by atoms with Crippen molar-refractivity contribution in [2.75, 3.05) is 5.75 Å². The maximum Gasteiger partial charge on any atom is -0.00696 e. The van der Waals surface area contributed by atoms with Crippen LogP contribution in [0.5, 0.6) is 0 Å². The first kappa shape index (κ1) is 12.1. The van der Waals surface area contributed by atoms with Gasteiger partial charge in [0.25, 0.3) is 0 Å². The molecule has 0 spiro atoms. The van der Waals surface area contributed by atoms with Crippen LogP contribution in [0.4, 0.5) is 0 Å². The van der Waals surface area contributed by atoms with Crippen molar-refractivity contribution in [2.24, 2.45) is 5.92 Å². The number of hydrogen-bond acceptors (Lipinski definition) is 1. The maximum atomic E-state index is 4.32. The zero-order valence-electron chi connectivity index (χ0n) is 8.47. The Hall–Kier alpha value is 0.0900. The van der Waals surface area contributed by atoms with Crippen LogP contribution in [0.1, 0.15) is 46.0 Å². The van der Waals surface area contributed by atoms with E-state index in [-0.39, 0.29) is 0 Å². The fourth-order valence-electron chi connectivity index (χ4n) is 1.28. The molecule has 0 heterocycles. The Morgan fingerprint density at radius 3 is 2.50 bits per heavy atom. The Morgan fingerprint density at radius 1 is 1.42 bits per heavy atom. The first-order chi connectivity index (χ1) is 5.70. The predicted molar refractivity (Wildman–Crippen MR) is 60.9 cm³/mol. The van der Waals surface area contributed by atoms with E-state index in [9.17, 15) is 0 Å². The summed E-state index contributed by atoms with van der Waals surface area (Å²) < 4.78 is 0. The molecule has 0 aromatic rings. The number of hydrogen-bond donors (Lipinski definition) is 1. The summed E-state index contributed by atoms with van der Waals surface area (Å²) in [5.74, 6) is 1.88. The SMILES string of the molecule is C=C(C)CCCCC(CC)CS. The van der Waals surface area contributed by atoms with Gasteiger partial charge in [-0.2, -0.15) is 12.6 Å². The predicted octanol–water partition coefficient (Wildman–Crippen LogP) is 4.08. The lowest BCUT2D eigenvalue weighted by molar-refractivity contribution is 0.492. The smallest absolute Gasteiger partial charge is 0.00696 e. The fourth-order valence-corrected chi connectivity index (χ4v) is 1.73. The molecule has 0 rings (SSSR count). The van der Waals surface area contributed by atoms with Crippen molar-refractivity contribution >= 4 is 12.6 Å². The van der Waals surface area contributed by atoms with Gasteiger partial charge in [-0.3, -0.25) is 0 Å². The van der Waals surface area contributed by atoms with Gasteiger partial charge in [0, 0.05) is 0 Å². The van der Waals surface area contributed by atoms with Gasteiger partial charge >= 0.3 is 0 Å². The van der Waals surface area contributed by atoms with Crippen LogP contribution in [0.2, 0.25) is 0 Å². The third kappa shape index (κ3) is 6.78. The summed E-state index contributed by atoms with van der Waals surface area (Å²) in [7, 11) is 0. The topological polar surface area (TPSA) is 0 Å². The molecule has 12 heavy (non-hydrogen) atoms. The van der Waals surface area contributed by atoms with Crippen molar-refractivity contribution in [3.05, 3.63) is 12.2 Å². The van der Waals surface area contributed by atoms with Crippen molar-refractivity contribution in [2.45, 2.75) is 46.0 Å². The van der Waals surface area contributed by atoms with Crippen molar-refractivity contribution in [1.29, 1.82) is 0 Å². The van der Waals surface area contributed by atoms with Crippen molar-refractivity contribution < 1.29 is 0 Å². The molecule has 0 amide bonds. The van der Waals surface area contributed by atoms with Gasteiger partial charge in [0.2, 0.25) is 0 Å². The normalized spacial score (nSPS) is 12.9. The van der Waals surface area contributed by atoms with E-state index in [0.29, 0.717) is 0 Å². The molecule has 1 heteroatoms. The van der Waals surface area contributed by atoms with Crippen LogP contribution in [-0.2, 0) is 0 Å². The molecule has 0 saturated carbocycles. The monoisotopic (exact) mass is 186 g/mol. The van der Waals surface area contributed by atoms with Crippen LogP contribution in [0.25, 0.3) is 0 Å². The van der Waals surface area contributed by atoms with Crippen molar-refractivity contribution in [1.82, 2.24) is 0 Å². The van der Waals surface area contributed by atoms with Gasteiger partial charge in [0.15, 0.2) is 0 Å². The van der Waals surface area contributed by atoms with Crippen LogP contribution in [-0.4, -0.2) is 5.75 Å². The Morgan fingerprint density at radius 2 is 2.08 bits per heavy atom. The lowest BCUT2D eigenvalue weighted by atomic mass is 10.00. The van der Waals surface area contributed by atoms with Gasteiger partial charge < -0.3 is 0 Å². The first-order valence-corrected chi connectivity index (χ1v) is 5.59. The second kappa shape index (κ2) is 7.72. The molecule has 0 bridgehead atoms. The molecule has 0 fully saturated rings.